The van der Waals surface area contributed by atoms with Gasteiger partial charge in [-0.05, 0) is 11.6 Å². The maximum atomic E-state index is 12.0. The number of nitrogens with one attached hydrogen (secondary N) is 1. The summed E-state index contributed by atoms with van der Waals surface area (Å²) in [6.07, 6.45) is 1.59. The van der Waals surface area contributed by atoms with E-state index in [0.29, 0.717) is 0 Å². The molecule has 1 atom stereocenters. The van der Waals surface area contributed by atoms with Crippen molar-refractivity contribution in [2.45, 2.75) is 25.4 Å². The topological polar surface area (TPSA) is 127 Å². The molecular weight excluding hydrogens is 312 g/mol. The normalized spacial score (nSPS) is 11.7. The first-order valence-corrected chi connectivity index (χ1v) is 7.35. The van der Waals surface area contributed by atoms with Crippen LogP contribution in [0.3, 0.4) is 0 Å². The predicted octanol–water partition coefficient (Wildman–Crippen LogP) is 0.0277. The minimum Gasteiger partial charge on any atom is -0.480 e. The van der Waals surface area contributed by atoms with Crippen LogP contribution < -0.4 is 16.7 Å². The lowest BCUT2D eigenvalue weighted by molar-refractivity contribution is -0.141. The van der Waals surface area contributed by atoms with E-state index < -0.39 is 23.6 Å². The molecule has 0 spiro atoms. The van der Waals surface area contributed by atoms with Crippen molar-refractivity contribution in [3.05, 3.63) is 58.6 Å². The number of rotatable bonds is 7. The Morgan fingerprint density at radius 1 is 1.25 bits per heavy atom. The Hall–Kier alpha value is -3.16. The summed E-state index contributed by atoms with van der Waals surface area (Å²) in [6.45, 7) is 0.0929. The number of nitrogen functional groups attached to an aromatic ring is 1. The van der Waals surface area contributed by atoms with Crippen LogP contribution in [0.15, 0.2) is 47.4 Å². The van der Waals surface area contributed by atoms with Crippen LogP contribution in [0.5, 0.6) is 0 Å². The number of anilines is 1. The van der Waals surface area contributed by atoms with Gasteiger partial charge < -0.3 is 16.2 Å². The van der Waals surface area contributed by atoms with Gasteiger partial charge in [-0.3, -0.25) is 9.36 Å². The zero-order valence-corrected chi connectivity index (χ0v) is 12.9. The maximum absolute atomic E-state index is 12.0. The minimum absolute atomic E-state index is 0.0376. The fraction of sp³-hybridized carbons (Fsp3) is 0.250. The first-order valence-electron chi connectivity index (χ1n) is 7.35. The Balaban J connectivity index is 1.93. The first-order chi connectivity index (χ1) is 11.5. The lowest BCUT2D eigenvalue weighted by atomic mass is 10.1. The van der Waals surface area contributed by atoms with Crippen molar-refractivity contribution in [3.63, 3.8) is 0 Å². The standard InChI is InChI=1S/C16H18N4O4/c17-13-6-8-20(16(24)19-13)9-7-14(21)18-12(15(22)23)10-11-4-2-1-3-5-11/h1-6,8,12H,7,9-10H2,(H,18,21)(H,22,23)(H2,17,19,24)/t12-/m0/s1. The molecule has 1 amide bonds. The third-order valence-corrected chi connectivity index (χ3v) is 3.39. The van der Waals surface area contributed by atoms with Gasteiger partial charge in [-0.25, -0.2) is 9.59 Å². The zero-order valence-electron chi connectivity index (χ0n) is 12.9. The number of nitrogens with two attached hydrogens (primary N) is 1. The van der Waals surface area contributed by atoms with Crippen molar-refractivity contribution in [1.82, 2.24) is 14.9 Å². The molecule has 0 saturated heterocycles. The first kappa shape index (κ1) is 17.2. The summed E-state index contributed by atoms with van der Waals surface area (Å²) < 4.78 is 1.24. The Kier molecular flexibility index (Phi) is 5.67. The van der Waals surface area contributed by atoms with Gasteiger partial charge in [0.1, 0.15) is 11.9 Å². The number of aryl methyl sites for hydroxylation is 1. The van der Waals surface area contributed by atoms with Gasteiger partial charge in [0.2, 0.25) is 5.91 Å². The van der Waals surface area contributed by atoms with Crippen LogP contribution in [0.25, 0.3) is 0 Å². The number of hydrogen-bond acceptors (Lipinski definition) is 5. The maximum Gasteiger partial charge on any atom is 0.349 e. The molecule has 126 valence electrons. The van der Waals surface area contributed by atoms with E-state index in [1.54, 1.807) is 24.3 Å². The molecular formula is C16H18N4O4. The zero-order chi connectivity index (χ0) is 17.5. The van der Waals surface area contributed by atoms with Crippen LogP contribution in [-0.4, -0.2) is 32.6 Å². The third kappa shape index (κ3) is 4.94. The van der Waals surface area contributed by atoms with Crippen molar-refractivity contribution in [1.29, 1.82) is 0 Å². The molecule has 8 nitrogen and oxygen atoms in total. The van der Waals surface area contributed by atoms with Crippen LogP contribution in [0.1, 0.15) is 12.0 Å². The molecule has 0 fully saturated rings. The van der Waals surface area contributed by atoms with E-state index in [2.05, 4.69) is 10.3 Å². The lowest BCUT2D eigenvalue weighted by Crippen LogP contribution is -2.42. The average molecular weight is 330 g/mol. The van der Waals surface area contributed by atoms with Crippen molar-refractivity contribution in [2.24, 2.45) is 0 Å². The number of aromatic nitrogens is 2. The Bertz CT molecular complexity index is 773. The molecule has 1 aromatic carbocycles. The number of amides is 1. The Morgan fingerprint density at radius 3 is 2.58 bits per heavy atom. The molecule has 2 aromatic rings. The van der Waals surface area contributed by atoms with E-state index in [-0.39, 0.29) is 25.2 Å². The molecule has 24 heavy (non-hydrogen) atoms. The van der Waals surface area contributed by atoms with Gasteiger partial charge in [0.25, 0.3) is 0 Å². The van der Waals surface area contributed by atoms with E-state index in [1.165, 1.54) is 16.8 Å². The van der Waals surface area contributed by atoms with Crippen molar-refractivity contribution in [3.8, 4) is 0 Å². The highest BCUT2D eigenvalue weighted by Crippen LogP contribution is 2.04. The fourth-order valence-corrected chi connectivity index (χ4v) is 2.15. The van der Waals surface area contributed by atoms with Crippen LogP contribution >= 0.6 is 0 Å². The second-order valence-corrected chi connectivity index (χ2v) is 5.23. The largest absolute Gasteiger partial charge is 0.480 e. The number of carbonyl (C=O) groups is 2. The average Bonchev–Trinajstić information content (AvgIpc) is 2.54. The highest BCUT2D eigenvalue weighted by molar-refractivity contribution is 5.83. The molecule has 0 bridgehead atoms. The molecule has 0 aliphatic rings. The van der Waals surface area contributed by atoms with Crippen molar-refractivity contribution in [2.75, 3.05) is 5.73 Å². The summed E-state index contributed by atoms with van der Waals surface area (Å²) in [5, 5.41) is 11.7. The summed E-state index contributed by atoms with van der Waals surface area (Å²) >= 11 is 0. The molecule has 1 aromatic heterocycles. The van der Waals surface area contributed by atoms with E-state index in [0.717, 1.165) is 5.56 Å². The molecule has 0 aliphatic carbocycles. The number of nitrogens with zero attached hydrogens (tertiary/aromatic N) is 2. The summed E-state index contributed by atoms with van der Waals surface area (Å²) in [5.74, 6) is -1.46. The summed E-state index contributed by atoms with van der Waals surface area (Å²) in [4.78, 5) is 38.4. The summed E-state index contributed by atoms with van der Waals surface area (Å²) in [6, 6.07) is 9.45. The number of benzene rings is 1. The van der Waals surface area contributed by atoms with Gasteiger partial charge in [0, 0.05) is 25.6 Å². The van der Waals surface area contributed by atoms with Crippen molar-refractivity contribution < 1.29 is 14.7 Å². The van der Waals surface area contributed by atoms with E-state index in [1.807, 2.05) is 6.07 Å². The molecule has 0 unspecified atom stereocenters. The molecule has 0 aliphatic heterocycles. The summed E-state index contributed by atoms with van der Waals surface area (Å²) in [5.41, 5.74) is 5.64. The Morgan fingerprint density at radius 2 is 1.96 bits per heavy atom. The van der Waals surface area contributed by atoms with Gasteiger partial charge in [-0.1, -0.05) is 30.3 Å². The second kappa shape index (κ2) is 7.91. The molecule has 1 heterocycles. The van der Waals surface area contributed by atoms with Crippen LogP contribution in [0.2, 0.25) is 0 Å². The lowest BCUT2D eigenvalue weighted by Gasteiger charge is -2.15. The van der Waals surface area contributed by atoms with Crippen molar-refractivity contribution >= 4 is 17.7 Å². The number of carbonyl (C=O) groups excluding carboxylic acids is 1. The number of aliphatic carboxylic acids is 1. The quantitative estimate of drug-likeness (QED) is 0.657. The smallest absolute Gasteiger partial charge is 0.349 e. The fourth-order valence-electron chi connectivity index (χ4n) is 2.15. The highest BCUT2D eigenvalue weighted by atomic mass is 16.4. The molecule has 0 radical (unpaired) electrons. The molecule has 0 saturated carbocycles. The monoisotopic (exact) mass is 330 g/mol. The highest BCUT2D eigenvalue weighted by Gasteiger charge is 2.20. The van der Waals surface area contributed by atoms with E-state index in [4.69, 9.17) is 5.73 Å². The summed E-state index contributed by atoms with van der Waals surface area (Å²) in [7, 11) is 0. The van der Waals surface area contributed by atoms with Crippen LogP contribution in [0.4, 0.5) is 5.82 Å². The van der Waals surface area contributed by atoms with Crippen LogP contribution in [-0.2, 0) is 22.6 Å². The molecule has 8 heteroatoms. The molecule has 4 N–H and O–H groups in total. The Labute approximate surface area is 137 Å². The SMILES string of the molecule is Nc1ccn(CCC(=O)N[C@@H](Cc2ccccc2)C(=O)O)c(=O)n1. The van der Waals surface area contributed by atoms with Gasteiger partial charge in [0.05, 0.1) is 0 Å². The van der Waals surface area contributed by atoms with Gasteiger partial charge in [0.15, 0.2) is 0 Å². The third-order valence-electron chi connectivity index (χ3n) is 3.39. The molecule has 2 rings (SSSR count). The number of carboxylic acid groups (broad SMARTS) is 1. The minimum atomic E-state index is -1.11. The number of hydrogen-bond donors (Lipinski definition) is 3. The number of carboxylic acids is 1. The van der Waals surface area contributed by atoms with E-state index >= 15 is 0 Å². The van der Waals surface area contributed by atoms with Gasteiger partial charge >= 0.3 is 11.7 Å². The van der Waals surface area contributed by atoms with E-state index in [9.17, 15) is 19.5 Å². The van der Waals surface area contributed by atoms with Crippen LogP contribution in [0, 0.1) is 0 Å². The van der Waals surface area contributed by atoms with Gasteiger partial charge in [-0.2, -0.15) is 4.98 Å². The second-order valence-electron chi connectivity index (χ2n) is 5.23. The van der Waals surface area contributed by atoms with Gasteiger partial charge in [-0.15, -0.1) is 0 Å². The predicted molar refractivity (Wildman–Crippen MR) is 87.2 cm³/mol.